The van der Waals surface area contributed by atoms with E-state index in [1.165, 1.54) is 0 Å². The van der Waals surface area contributed by atoms with Gasteiger partial charge in [-0.25, -0.2) is 4.79 Å². The fourth-order valence-corrected chi connectivity index (χ4v) is 1.57. The SMILES string of the molecule is CC(C)(C)OC(=O)C1C=Cc2ccccc2N=N1. The zero-order chi connectivity index (χ0) is 13.2. The third-order valence-corrected chi connectivity index (χ3v) is 2.33. The van der Waals surface area contributed by atoms with Gasteiger partial charge in [0.25, 0.3) is 0 Å². The van der Waals surface area contributed by atoms with Crippen LogP contribution < -0.4 is 0 Å². The number of rotatable bonds is 1. The van der Waals surface area contributed by atoms with E-state index in [1.54, 1.807) is 6.08 Å². The monoisotopic (exact) mass is 244 g/mol. The molecule has 94 valence electrons. The van der Waals surface area contributed by atoms with Gasteiger partial charge in [0.1, 0.15) is 5.60 Å². The van der Waals surface area contributed by atoms with Crippen LogP contribution in [0, 0.1) is 0 Å². The van der Waals surface area contributed by atoms with E-state index in [9.17, 15) is 4.79 Å². The Morgan fingerprint density at radius 2 is 2.00 bits per heavy atom. The molecule has 0 fully saturated rings. The van der Waals surface area contributed by atoms with E-state index in [4.69, 9.17) is 4.74 Å². The zero-order valence-electron chi connectivity index (χ0n) is 10.8. The van der Waals surface area contributed by atoms with Gasteiger partial charge in [-0.3, -0.25) is 0 Å². The van der Waals surface area contributed by atoms with Crippen LogP contribution in [0.25, 0.3) is 6.08 Å². The number of hydrogen-bond acceptors (Lipinski definition) is 4. The highest BCUT2D eigenvalue weighted by Gasteiger charge is 2.24. The molecule has 0 radical (unpaired) electrons. The molecule has 1 unspecified atom stereocenters. The summed E-state index contributed by atoms with van der Waals surface area (Å²) in [4.78, 5) is 11.9. The standard InChI is InChI=1S/C14H16N2O2/c1-14(2,3)18-13(17)12-9-8-10-6-4-5-7-11(10)15-16-12/h4-9,12H,1-3H3. The molecule has 0 N–H and O–H groups in total. The summed E-state index contributed by atoms with van der Waals surface area (Å²) in [6.07, 6.45) is 3.56. The lowest BCUT2D eigenvalue weighted by Gasteiger charge is -2.20. The number of ether oxygens (including phenoxy) is 1. The van der Waals surface area contributed by atoms with Crippen LogP contribution in [0.5, 0.6) is 0 Å². The van der Waals surface area contributed by atoms with Crippen molar-refractivity contribution in [1.82, 2.24) is 0 Å². The normalized spacial score (nSPS) is 18.1. The van der Waals surface area contributed by atoms with Gasteiger partial charge in [0.05, 0.1) is 5.69 Å². The van der Waals surface area contributed by atoms with Crippen LogP contribution in [0.15, 0.2) is 40.6 Å². The Bertz CT molecular complexity index is 480. The van der Waals surface area contributed by atoms with Crippen LogP contribution in [-0.4, -0.2) is 17.6 Å². The van der Waals surface area contributed by atoms with Gasteiger partial charge in [-0.2, -0.15) is 10.2 Å². The molecular weight excluding hydrogens is 228 g/mol. The largest absolute Gasteiger partial charge is 0.458 e. The Kier molecular flexibility index (Phi) is 3.28. The van der Waals surface area contributed by atoms with Gasteiger partial charge in [0.2, 0.25) is 0 Å². The molecule has 1 aromatic rings. The van der Waals surface area contributed by atoms with Gasteiger partial charge >= 0.3 is 5.97 Å². The highest BCUT2D eigenvalue weighted by molar-refractivity contribution is 5.81. The van der Waals surface area contributed by atoms with Crippen molar-refractivity contribution >= 4 is 17.7 Å². The molecule has 1 aromatic carbocycles. The molecular formula is C14H16N2O2. The molecule has 0 spiro atoms. The third kappa shape index (κ3) is 3.03. The smallest absolute Gasteiger partial charge is 0.337 e. The maximum absolute atomic E-state index is 11.9. The molecule has 0 saturated carbocycles. The van der Waals surface area contributed by atoms with E-state index in [2.05, 4.69) is 10.2 Å². The summed E-state index contributed by atoms with van der Waals surface area (Å²) in [6, 6.07) is 6.94. The predicted molar refractivity (Wildman–Crippen MR) is 69.6 cm³/mol. The quantitative estimate of drug-likeness (QED) is 0.710. The van der Waals surface area contributed by atoms with Crippen LogP contribution in [0.4, 0.5) is 5.69 Å². The van der Waals surface area contributed by atoms with Crippen LogP contribution in [-0.2, 0) is 9.53 Å². The first-order valence-electron chi connectivity index (χ1n) is 5.87. The molecule has 0 saturated heterocycles. The van der Waals surface area contributed by atoms with Crippen molar-refractivity contribution in [2.75, 3.05) is 0 Å². The fraction of sp³-hybridized carbons (Fsp3) is 0.357. The lowest BCUT2D eigenvalue weighted by atomic mass is 10.1. The average Bonchev–Trinajstić information content (AvgIpc) is 2.49. The molecule has 1 aliphatic rings. The Morgan fingerprint density at radius 3 is 2.72 bits per heavy atom. The van der Waals surface area contributed by atoms with Crippen molar-refractivity contribution in [2.45, 2.75) is 32.4 Å². The molecule has 0 aromatic heterocycles. The topological polar surface area (TPSA) is 51.0 Å². The summed E-state index contributed by atoms with van der Waals surface area (Å²) in [7, 11) is 0. The Balaban J connectivity index is 2.18. The van der Waals surface area contributed by atoms with Crippen molar-refractivity contribution < 1.29 is 9.53 Å². The second kappa shape index (κ2) is 4.72. The van der Waals surface area contributed by atoms with Crippen LogP contribution in [0.1, 0.15) is 26.3 Å². The zero-order valence-corrected chi connectivity index (χ0v) is 10.8. The van der Waals surface area contributed by atoms with Crippen molar-refractivity contribution in [1.29, 1.82) is 0 Å². The molecule has 0 amide bonds. The van der Waals surface area contributed by atoms with E-state index >= 15 is 0 Å². The second-order valence-electron chi connectivity index (χ2n) is 5.11. The van der Waals surface area contributed by atoms with Gasteiger partial charge in [0.15, 0.2) is 6.04 Å². The van der Waals surface area contributed by atoms with Gasteiger partial charge in [-0.1, -0.05) is 24.3 Å². The number of esters is 1. The van der Waals surface area contributed by atoms with Gasteiger partial charge in [-0.05, 0) is 32.9 Å². The highest BCUT2D eigenvalue weighted by atomic mass is 16.6. The lowest BCUT2D eigenvalue weighted by Crippen LogP contribution is -2.29. The Morgan fingerprint density at radius 1 is 1.28 bits per heavy atom. The third-order valence-electron chi connectivity index (χ3n) is 2.33. The van der Waals surface area contributed by atoms with E-state index in [0.717, 1.165) is 11.3 Å². The first-order chi connectivity index (χ1) is 8.46. The van der Waals surface area contributed by atoms with E-state index in [-0.39, 0.29) is 5.97 Å². The lowest BCUT2D eigenvalue weighted by molar-refractivity contribution is -0.155. The summed E-state index contributed by atoms with van der Waals surface area (Å²) in [5.41, 5.74) is 1.20. The summed E-state index contributed by atoms with van der Waals surface area (Å²) >= 11 is 0. The van der Waals surface area contributed by atoms with Crippen molar-refractivity contribution in [3.8, 4) is 0 Å². The van der Waals surface area contributed by atoms with E-state index < -0.39 is 11.6 Å². The van der Waals surface area contributed by atoms with E-state index in [1.807, 2.05) is 51.1 Å². The number of fused-ring (bicyclic) bond motifs is 1. The molecule has 1 aliphatic heterocycles. The molecule has 2 rings (SSSR count). The van der Waals surface area contributed by atoms with Gasteiger partial charge < -0.3 is 4.74 Å². The molecule has 18 heavy (non-hydrogen) atoms. The highest BCUT2D eigenvalue weighted by Crippen LogP contribution is 2.24. The molecule has 0 aliphatic carbocycles. The van der Waals surface area contributed by atoms with Crippen LogP contribution in [0.3, 0.4) is 0 Å². The van der Waals surface area contributed by atoms with Gasteiger partial charge in [-0.15, -0.1) is 0 Å². The average molecular weight is 244 g/mol. The minimum atomic E-state index is -0.670. The predicted octanol–water partition coefficient (Wildman–Crippen LogP) is 3.51. The number of carbonyl (C=O) groups excluding carboxylic acids is 1. The van der Waals surface area contributed by atoms with Crippen molar-refractivity contribution in [2.24, 2.45) is 10.2 Å². The Labute approximate surface area is 106 Å². The maximum atomic E-state index is 11.9. The molecule has 1 atom stereocenters. The molecule has 1 heterocycles. The first-order valence-corrected chi connectivity index (χ1v) is 5.87. The number of carbonyl (C=O) groups is 1. The first kappa shape index (κ1) is 12.5. The summed E-state index contributed by atoms with van der Waals surface area (Å²) in [5.74, 6) is -0.379. The van der Waals surface area contributed by atoms with Crippen molar-refractivity contribution in [3.05, 3.63) is 35.9 Å². The number of nitrogens with zero attached hydrogens (tertiary/aromatic N) is 2. The van der Waals surface area contributed by atoms with Crippen LogP contribution in [0.2, 0.25) is 0 Å². The molecule has 4 heteroatoms. The molecule has 0 bridgehead atoms. The minimum Gasteiger partial charge on any atom is -0.458 e. The Hall–Kier alpha value is -1.97. The second-order valence-corrected chi connectivity index (χ2v) is 5.11. The number of benzene rings is 1. The van der Waals surface area contributed by atoms with Gasteiger partial charge in [0, 0.05) is 5.56 Å². The number of hydrogen-bond donors (Lipinski definition) is 0. The van der Waals surface area contributed by atoms with Crippen LogP contribution >= 0.6 is 0 Å². The number of azo groups is 1. The van der Waals surface area contributed by atoms with E-state index in [0.29, 0.717) is 0 Å². The fourth-order valence-electron chi connectivity index (χ4n) is 1.57. The van der Waals surface area contributed by atoms with Crippen molar-refractivity contribution in [3.63, 3.8) is 0 Å². The summed E-state index contributed by atoms with van der Waals surface area (Å²) in [5, 5.41) is 8.09. The summed E-state index contributed by atoms with van der Waals surface area (Å²) in [6.45, 7) is 5.49. The summed E-state index contributed by atoms with van der Waals surface area (Å²) < 4.78 is 5.29. The molecule has 4 nitrogen and oxygen atoms in total. The maximum Gasteiger partial charge on any atom is 0.337 e. The minimum absolute atomic E-state index is 0.379.